The fourth-order valence-corrected chi connectivity index (χ4v) is 3.10. The minimum atomic E-state index is -0.941. The highest BCUT2D eigenvalue weighted by atomic mass is 32.2. The van der Waals surface area contributed by atoms with E-state index in [0.717, 1.165) is 9.47 Å². The maximum atomic E-state index is 11.2. The fraction of sp³-hybridized carbons (Fsp3) is 0.700. The Balaban J connectivity index is 2.64. The molecule has 0 bridgehead atoms. The maximum Gasteiger partial charge on any atom is 0.324 e. The topological polar surface area (TPSA) is 78.4 Å². The quantitative estimate of drug-likeness (QED) is 0.729. The molecule has 1 rings (SSSR count). The summed E-state index contributed by atoms with van der Waals surface area (Å²) in [5.74, 6) is -0.438. The van der Waals surface area contributed by atoms with Crippen molar-refractivity contribution in [3.05, 3.63) is 0 Å². The number of anilines is 1. The zero-order valence-electron chi connectivity index (χ0n) is 10.9. The lowest BCUT2D eigenvalue weighted by Gasteiger charge is -2.24. The lowest BCUT2D eigenvalue weighted by molar-refractivity contribution is -0.143. The van der Waals surface area contributed by atoms with Gasteiger partial charge in [-0.05, 0) is 13.5 Å². The first kappa shape index (κ1) is 15.2. The smallest absolute Gasteiger partial charge is 0.324 e. The summed E-state index contributed by atoms with van der Waals surface area (Å²) in [6.07, 6.45) is 0. The fourth-order valence-electron chi connectivity index (χ4n) is 1.23. The number of thioether (sulfide) groups is 1. The molecule has 0 aliphatic carbocycles. The Hall–Kier alpha value is -0.860. The summed E-state index contributed by atoms with van der Waals surface area (Å²) in [7, 11) is 3.80. The highest BCUT2D eigenvalue weighted by Crippen LogP contribution is 2.29. The zero-order valence-corrected chi connectivity index (χ0v) is 12.6. The van der Waals surface area contributed by atoms with Crippen LogP contribution >= 0.6 is 23.1 Å². The number of carboxylic acid groups (broad SMARTS) is 1. The number of carboxylic acids is 1. The molecular weight excluding hydrogens is 272 g/mol. The monoisotopic (exact) mass is 290 g/mol. The van der Waals surface area contributed by atoms with Gasteiger partial charge >= 0.3 is 5.97 Å². The summed E-state index contributed by atoms with van der Waals surface area (Å²) < 4.78 is 0.782. The highest BCUT2D eigenvalue weighted by molar-refractivity contribution is 8.01. The van der Waals surface area contributed by atoms with Gasteiger partial charge in [0.1, 0.15) is 5.54 Å². The number of aromatic nitrogens is 2. The molecule has 1 atom stereocenters. The first-order chi connectivity index (χ1) is 8.39. The van der Waals surface area contributed by atoms with E-state index in [0.29, 0.717) is 12.3 Å². The molecule has 1 heterocycles. The van der Waals surface area contributed by atoms with Crippen molar-refractivity contribution in [2.75, 3.05) is 31.3 Å². The summed E-state index contributed by atoms with van der Waals surface area (Å²) >= 11 is 2.87. The van der Waals surface area contributed by atoms with E-state index in [4.69, 9.17) is 0 Å². The van der Waals surface area contributed by atoms with Crippen LogP contribution in [0.4, 0.5) is 5.13 Å². The summed E-state index contributed by atoms with van der Waals surface area (Å²) in [5.41, 5.74) is -0.941. The van der Waals surface area contributed by atoms with Gasteiger partial charge in [0.2, 0.25) is 5.13 Å². The van der Waals surface area contributed by atoms with E-state index >= 15 is 0 Å². The van der Waals surface area contributed by atoms with E-state index in [9.17, 15) is 9.90 Å². The molecule has 0 aromatic carbocycles. The number of hydrogen-bond acceptors (Lipinski definition) is 7. The minimum absolute atomic E-state index is 0.415. The predicted octanol–water partition coefficient (Wildman–Crippen LogP) is 1.15. The van der Waals surface area contributed by atoms with Crippen LogP contribution in [0.25, 0.3) is 0 Å². The van der Waals surface area contributed by atoms with Gasteiger partial charge in [0.05, 0.1) is 0 Å². The largest absolute Gasteiger partial charge is 0.480 e. The minimum Gasteiger partial charge on any atom is -0.480 e. The lowest BCUT2D eigenvalue weighted by Crippen LogP contribution is -2.51. The second-order valence-corrected chi connectivity index (χ2v) is 6.38. The van der Waals surface area contributed by atoms with Crippen LogP contribution in [0, 0.1) is 0 Å². The Bertz CT molecular complexity index is 410. The van der Waals surface area contributed by atoms with Crippen molar-refractivity contribution >= 4 is 34.2 Å². The van der Waals surface area contributed by atoms with E-state index in [1.165, 1.54) is 23.1 Å². The van der Waals surface area contributed by atoms with Gasteiger partial charge in [-0.2, -0.15) is 0 Å². The Kier molecular flexibility index (Phi) is 5.36. The van der Waals surface area contributed by atoms with Crippen LogP contribution in [0.1, 0.15) is 13.8 Å². The molecule has 1 aromatic rings. The number of rotatable bonds is 7. The van der Waals surface area contributed by atoms with Gasteiger partial charge in [0, 0.05) is 19.8 Å². The van der Waals surface area contributed by atoms with E-state index in [1.54, 1.807) is 6.92 Å². The third kappa shape index (κ3) is 3.82. The molecular formula is C10H18N4O2S2. The van der Waals surface area contributed by atoms with Gasteiger partial charge in [0.25, 0.3) is 0 Å². The molecule has 2 N–H and O–H groups in total. The van der Waals surface area contributed by atoms with Crippen molar-refractivity contribution in [1.29, 1.82) is 0 Å². The molecule has 0 aliphatic heterocycles. The second kappa shape index (κ2) is 6.35. The van der Waals surface area contributed by atoms with E-state index in [2.05, 4.69) is 15.5 Å². The van der Waals surface area contributed by atoms with Crippen LogP contribution < -0.4 is 10.2 Å². The second-order valence-electron chi connectivity index (χ2n) is 4.20. The summed E-state index contributed by atoms with van der Waals surface area (Å²) in [6, 6.07) is 0. The molecule has 1 unspecified atom stereocenters. The summed E-state index contributed by atoms with van der Waals surface area (Å²) in [4.78, 5) is 13.1. The van der Waals surface area contributed by atoms with Gasteiger partial charge in [-0.25, -0.2) is 0 Å². The number of aliphatic carboxylic acids is 1. The molecule has 0 saturated heterocycles. The normalized spacial score (nSPS) is 14.2. The molecule has 0 amide bonds. The van der Waals surface area contributed by atoms with Crippen molar-refractivity contribution in [2.24, 2.45) is 0 Å². The first-order valence-corrected chi connectivity index (χ1v) is 7.31. The number of carbonyl (C=O) groups is 1. The SMILES string of the molecule is CCNC(C)(CSc1nnc(N(C)C)s1)C(=O)O. The molecule has 0 aliphatic rings. The van der Waals surface area contributed by atoms with Crippen LogP contribution in [-0.4, -0.2) is 53.2 Å². The molecule has 6 nitrogen and oxygen atoms in total. The molecule has 8 heteroatoms. The lowest BCUT2D eigenvalue weighted by atomic mass is 10.1. The number of nitrogens with one attached hydrogen (secondary N) is 1. The molecule has 0 spiro atoms. The van der Waals surface area contributed by atoms with Crippen LogP contribution in [0.15, 0.2) is 4.34 Å². The van der Waals surface area contributed by atoms with Crippen LogP contribution in [-0.2, 0) is 4.79 Å². The third-order valence-electron chi connectivity index (χ3n) is 2.30. The van der Waals surface area contributed by atoms with Gasteiger partial charge in [-0.1, -0.05) is 30.0 Å². The summed E-state index contributed by atoms with van der Waals surface area (Å²) in [5, 5.41) is 21.1. The predicted molar refractivity (Wildman–Crippen MR) is 74.7 cm³/mol. The van der Waals surface area contributed by atoms with Gasteiger partial charge in [-0.3, -0.25) is 4.79 Å². The molecule has 0 radical (unpaired) electrons. The van der Waals surface area contributed by atoms with E-state index in [1.807, 2.05) is 25.9 Å². The van der Waals surface area contributed by atoms with Crippen LogP contribution in [0.5, 0.6) is 0 Å². The summed E-state index contributed by atoms with van der Waals surface area (Å²) in [6.45, 7) is 4.18. The average molecular weight is 290 g/mol. The zero-order chi connectivity index (χ0) is 13.8. The van der Waals surface area contributed by atoms with Crippen molar-refractivity contribution in [3.8, 4) is 0 Å². The van der Waals surface area contributed by atoms with Crippen molar-refractivity contribution < 1.29 is 9.90 Å². The van der Waals surface area contributed by atoms with Gasteiger partial charge < -0.3 is 15.3 Å². The van der Waals surface area contributed by atoms with Crippen molar-refractivity contribution in [2.45, 2.75) is 23.7 Å². The van der Waals surface area contributed by atoms with Crippen LogP contribution in [0.3, 0.4) is 0 Å². The number of nitrogens with zero attached hydrogens (tertiary/aromatic N) is 3. The van der Waals surface area contributed by atoms with Gasteiger partial charge in [0.15, 0.2) is 4.34 Å². The molecule has 1 aromatic heterocycles. The number of likely N-dealkylation sites (N-methyl/N-ethyl adjacent to an activating group) is 1. The van der Waals surface area contributed by atoms with E-state index < -0.39 is 11.5 Å². The number of hydrogen-bond donors (Lipinski definition) is 2. The molecule has 102 valence electrons. The van der Waals surface area contributed by atoms with Crippen LogP contribution in [0.2, 0.25) is 0 Å². The Labute approximate surface area is 115 Å². The molecule has 0 fully saturated rings. The van der Waals surface area contributed by atoms with E-state index in [-0.39, 0.29) is 0 Å². The van der Waals surface area contributed by atoms with Crippen molar-refractivity contribution in [3.63, 3.8) is 0 Å². The molecule has 18 heavy (non-hydrogen) atoms. The Morgan fingerprint density at radius 2 is 2.22 bits per heavy atom. The Morgan fingerprint density at radius 3 is 2.67 bits per heavy atom. The highest BCUT2D eigenvalue weighted by Gasteiger charge is 2.32. The standard InChI is InChI=1S/C10H18N4O2S2/c1-5-11-10(2,7(15)16)6-17-9-13-12-8(18-9)14(3)4/h11H,5-6H2,1-4H3,(H,15,16). The third-order valence-corrected chi connectivity index (χ3v) is 4.84. The van der Waals surface area contributed by atoms with Gasteiger partial charge in [-0.15, -0.1) is 10.2 Å². The van der Waals surface area contributed by atoms with Crippen molar-refractivity contribution in [1.82, 2.24) is 15.5 Å². The average Bonchev–Trinajstić information content (AvgIpc) is 2.75. The Morgan fingerprint density at radius 1 is 1.56 bits per heavy atom. The maximum absolute atomic E-state index is 11.2. The first-order valence-electron chi connectivity index (χ1n) is 5.51. The molecule has 0 saturated carbocycles.